The third-order valence-corrected chi connectivity index (χ3v) is 8.80. The normalized spacial score (nSPS) is 17.0. The first kappa shape index (κ1) is 30.1. The highest BCUT2D eigenvalue weighted by Crippen LogP contribution is 2.45. The number of rotatable bonds is 9. The van der Waals surface area contributed by atoms with E-state index in [9.17, 15) is 9.90 Å². The van der Waals surface area contributed by atoms with Crippen molar-refractivity contribution in [2.75, 3.05) is 20.1 Å². The maximum absolute atomic E-state index is 13.6. The summed E-state index contributed by atoms with van der Waals surface area (Å²) in [4.78, 5) is 25.5. The van der Waals surface area contributed by atoms with Crippen LogP contribution in [0.3, 0.4) is 0 Å². The van der Waals surface area contributed by atoms with E-state index < -0.39 is 5.60 Å². The summed E-state index contributed by atoms with van der Waals surface area (Å²) < 4.78 is 0. The molecule has 1 aliphatic heterocycles. The molecule has 6 nitrogen and oxygen atoms in total. The lowest BCUT2D eigenvalue weighted by molar-refractivity contribution is -0.0556. The second-order valence-corrected chi connectivity index (χ2v) is 12.2. The second kappa shape index (κ2) is 12.9. The lowest BCUT2D eigenvalue weighted by Gasteiger charge is -2.43. The van der Waals surface area contributed by atoms with Crippen molar-refractivity contribution in [3.63, 3.8) is 0 Å². The fraction of sp³-hybridized carbons (Fsp3) is 0.400. The first-order valence-corrected chi connectivity index (χ1v) is 15.5. The van der Waals surface area contributed by atoms with Crippen molar-refractivity contribution in [1.82, 2.24) is 20.2 Å². The first-order valence-electron chi connectivity index (χ1n) is 15.1. The summed E-state index contributed by atoms with van der Waals surface area (Å²) >= 11 is 6.93. The molecule has 2 atom stereocenters. The van der Waals surface area contributed by atoms with E-state index in [0.717, 1.165) is 53.5 Å². The number of nitrogens with one attached hydrogen (secondary N) is 1. The highest BCUT2D eigenvalue weighted by atomic mass is 35.5. The van der Waals surface area contributed by atoms with E-state index >= 15 is 0 Å². The van der Waals surface area contributed by atoms with Crippen LogP contribution in [0.2, 0.25) is 5.02 Å². The Morgan fingerprint density at radius 3 is 2.57 bits per heavy atom. The second-order valence-electron chi connectivity index (χ2n) is 11.8. The van der Waals surface area contributed by atoms with Crippen molar-refractivity contribution in [2.45, 2.75) is 64.5 Å². The standard InChI is InChI=1S/C35H41ClN4O2/c1-5-19-35(42,26-10-9-20-40(22-26)34(41)25-17-15-24(16-18-25)21-37-4)28-12-8-13-29(36)31(28)33-38-30-14-7-6-11-27(30)32(39-33)23(2)3/h6-8,11-18,23,26,37,42H,5,9-10,19-22H2,1-4H3. The maximum atomic E-state index is 13.6. The maximum Gasteiger partial charge on any atom is 0.253 e. The average Bonchev–Trinajstić information content (AvgIpc) is 3.00. The SMILES string of the molecule is CCCC(O)(c1cccc(Cl)c1-c1nc(C(C)C)c2ccccc2n1)C1CCCN(C(=O)c2ccc(CNC)cc2)C1. The molecule has 1 fully saturated rings. The Labute approximate surface area is 254 Å². The highest BCUT2D eigenvalue weighted by molar-refractivity contribution is 6.33. The number of aliphatic hydroxyl groups is 1. The highest BCUT2D eigenvalue weighted by Gasteiger charge is 2.43. The molecule has 2 N–H and O–H groups in total. The fourth-order valence-corrected chi connectivity index (χ4v) is 6.67. The van der Waals surface area contributed by atoms with E-state index in [1.54, 1.807) is 0 Å². The van der Waals surface area contributed by atoms with Crippen molar-refractivity contribution in [1.29, 1.82) is 0 Å². The van der Waals surface area contributed by atoms with Gasteiger partial charge in [-0.1, -0.05) is 81.3 Å². The minimum absolute atomic E-state index is 0.000288. The summed E-state index contributed by atoms with van der Waals surface area (Å²) in [5, 5.41) is 17.3. The van der Waals surface area contributed by atoms with Gasteiger partial charge in [0.2, 0.25) is 0 Å². The van der Waals surface area contributed by atoms with Crippen LogP contribution < -0.4 is 5.32 Å². The summed E-state index contributed by atoms with van der Waals surface area (Å²) in [6.45, 7) is 8.23. The van der Waals surface area contributed by atoms with Crippen LogP contribution in [-0.2, 0) is 12.1 Å². The van der Waals surface area contributed by atoms with E-state index in [0.29, 0.717) is 41.5 Å². The van der Waals surface area contributed by atoms with Crippen LogP contribution in [-0.4, -0.2) is 46.0 Å². The molecule has 7 heteroatoms. The third-order valence-electron chi connectivity index (χ3n) is 8.48. The molecular weight excluding hydrogens is 544 g/mol. The monoisotopic (exact) mass is 584 g/mol. The number of hydrogen-bond donors (Lipinski definition) is 2. The number of para-hydroxylation sites is 1. The quantitative estimate of drug-likeness (QED) is 0.215. The van der Waals surface area contributed by atoms with Crippen molar-refractivity contribution in [3.8, 4) is 11.4 Å². The molecule has 3 aromatic carbocycles. The molecule has 2 heterocycles. The molecule has 4 aromatic rings. The minimum atomic E-state index is -1.21. The van der Waals surface area contributed by atoms with Gasteiger partial charge in [0.1, 0.15) is 0 Å². The summed E-state index contributed by atoms with van der Waals surface area (Å²) in [5.74, 6) is 0.543. The Morgan fingerprint density at radius 1 is 1.10 bits per heavy atom. The van der Waals surface area contributed by atoms with Gasteiger partial charge in [0.25, 0.3) is 5.91 Å². The predicted molar refractivity (Wildman–Crippen MR) is 171 cm³/mol. The van der Waals surface area contributed by atoms with Gasteiger partial charge in [-0.2, -0.15) is 0 Å². The Bertz CT molecular complexity index is 1550. The Hall–Kier alpha value is -3.32. The molecule has 220 valence electrons. The molecule has 2 unspecified atom stereocenters. The van der Waals surface area contributed by atoms with Crippen LogP contribution in [0.5, 0.6) is 0 Å². The van der Waals surface area contributed by atoms with Crippen molar-refractivity contribution in [3.05, 3.63) is 94.1 Å². The fourth-order valence-electron chi connectivity index (χ4n) is 6.41. The van der Waals surface area contributed by atoms with Crippen LogP contribution >= 0.6 is 11.6 Å². The number of benzene rings is 3. The molecule has 1 amide bonds. The van der Waals surface area contributed by atoms with Gasteiger partial charge >= 0.3 is 0 Å². The Balaban J connectivity index is 1.54. The summed E-state index contributed by atoms with van der Waals surface area (Å²) in [7, 11) is 1.91. The number of nitrogens with zero attached hydrogens (tertiary/aromatic N) is 3. The molecule has 5 rings (SSSR count). The topological polar surface area (TPSA) is 78.4 Å². The van der Waals surface area contributed by atoms with Crippen LogP contribution in [0.4, 0.5) is 0 Å². The Kier molecular flexibility index (Phi) is 9.26. The molecule has 0 radical (unpaired) electrons. The first-order chi connectivity index (χ1) is 20.3. The number of halogens is 1. The van der Waals surface area contributed by atoms with Crippen LogP contribution in [0, 0.1) is 5.92 Å². The molecule has 0 aliphatic carbocycles. The molecule has 0 spiro atoms. The lowest BCUT2D eigenvalue weighted by atomic mass is 9.72. The zero-order valence-electron chi connectivity index (χ0n) is 25.0. The molecule has 1 aromatic heterocycles. The number of fused-ring (bicyclic) bond motifs is 1. The van der Waals surface area contributed by atoms with E-state index in [1.165, 1.54) is 0 Å². The van der Waals surface area contributed by atoms with Gasteiger partial charge in [0.15, 0.2) is 5.82 Å². The largest absolute Gasteiger partial charge is 0.385 e. The van der Waals surface area contributed by atoms with Crippen LogP contribution in [0.1, 0.15) is 79.6 Å². The summed E-state index contributed by atoms with van der Waals surface area (Å²) in [6.07, 6.45) is 2.94. The number of likely N-dealkylation sites (tertiary alicyclic amines) is 1. The van der Waals surface area contributed by atoms with Gasteiger partial charge in [0, 0.05) is 42.1 Å². The van der Waals surface area contributed by atoms with Crippen LogP contribution in [0.25, 0.3) is 22.3 Å². The smallest absolute Gasteiger partial charge is 0.253 e. The Morgan fingerprint density at radius 2 is 1.86 bits per heavy atom. The number of aromatic nitrogens is 2. The third kappa shape index (κ3) is 5.94. The van der Waals surface area contributed by atoms with Crippen molar-refractivity contribution >= 4 is 28.4 Å². The molecule has 0 bridgehead atoms. The zero-order chi connectivity index (χ0) is 29.9. The lowest BCUT2D eigenvalue weighted by Crippen LogP contribution is -2.48. The number of carbonyl (C=O) groups is 1. The van der Waals surface area contributed by atoms with E-state index in [1.807, 2.05) is 72.6 Å². The molecule has 1 saturated heterocycles. The van der Waals surface area contributed by atoms with Gasteiger partial charge in [-0.25, -0.2) is 9.97 Å². The van der Waals surface area contributed by atoms with Crippen molar-refractivity contribution in [2.24, 2.45) is 5.92 Å². The zero-order valence-corrected chi connectivity index (χ0v) is 25.8. The number of hydrogen-bond acceptors (Lipinski definition) is 5. The van der Waals surface area contributed by atoms with Crippen molar-refractivity contribution < 1.29 is 9.90 Å². The number of carbonyl (C=O) groups excluding carboxylic acids is 1. The van der Waals surface area contributed by atoms with E-state index in [2.05, 4.69) is 32.2 Å². The van der Waals surface area contributed by atoms with Gasteiger partial charge < -0.3 is 15.3 Å². The minimum Gasteiger partial charge on any atom is -0.385 e. The molecule has 1 aliphatic rings. The summed E-state index contributed by atoms with van der Waals surface area (Å²) in [6, 6.07) is 21.5. The molecular formula is C35H41ClN4O2. The van der Waals surface area contributed by atoms with Crippen LogP contribution in [0.15, 0.2) is 66.7 Å². The molecule has 42 heavy (non-hydrogen) atoms. The number of piperidine rings is 1. The predicted octanol–water partition coefficient (Wildman–Crippen LogP) is 7.33. The van der Waals surface area contributed by atoms with Gasteiger partial charge in [-0.05, 0) is 67.6 Å². The summed E-state index contributed by atoms with van der Waals surface area (Å²) in [5.41, 5.74) is 3.81. The van der Waals surface area contributed by atoms with Gasteiger partial charge in [-0.3, -0.25) is 4.79 Å². The van der Waals surface area contributed by atoms with E-state index in [4.69, 9.17) is 21.6 Å². The number of amides is 1. The van der Waals surface area contributed by atoms with E-state index in [-0.39, 0.29) is 17.7 Å². The van der Waals surface area contributed by atoms with Gasteiger partial charge in [-0.15, -0.1) is 0 Å². The van der Waals surface area contributed by atoms with Gasteiger partial charge in [0.05, 0.1) is 21.8 Å². The average molecular weight is 585 g/mol. The molecule has 0 saturated carbocycles.